The van der Waals surface area contributed by atoms with Crippen molar-refractivity contribution in [3.05, 3.63) is 48.7 Å². The molecule has 3 N–H and O–H groups in total. The molecule has 14 heavy (non-hydrogen) atoms. The van der Waals surface area contributed by atoms with Gasteiger partial charge in [-0.05, 0) is 18.2 Å². The van der Waals surface area contributed by atoms with Crippen LogP contribution in [0.1, 0.15) is 0 Å². The topological polar surface area (TPSA) is 50.9 Å². The number of nitrogens with two attached hydrogens (primary N) is 1. The zero-order valence-electron chi connectivity index (χ0n) is 7.64. The maximum Gasteiger partial charge on any atom is 0.0723 e. The van der Waals surface area contributed by atoms with Crippen molar-refractivity contribution >= 4 is 5.69 Å². The van der Waals surface area contributed by atoms with Crippen LogP contribution in [0.3, 0.4) is 0 Å². The lowest BCUT2D eigenvalue weighted by Gasteiger charge is -2.06. The third-order valence-corrected chi connectivity index (χ3v) is 2.02. The van der Waals surface area contributed by atoms with Gasteiger partial charge in [-0.2, -0.15) is 0 Å². The molecule has 0 aliphatic carbocycles. The average Bonchev–Trinajstić information content (AvgIpc) is 2.30. The summed E-state index contributed by atoms with van der Waals surface area (Å²) in [5.41, 5.74) is 5.46. The molecule has 1 aromatic heterocycles. The predicted molar refractivity (Wildman–Crippen MR) is 57.5 cm³/mol. The van der Waals surface area contributed by atoms with Crippen molar-refractivity contribution in [3.8, 4) is 11.3 Å². The number of nitrogen functional groups attached to an aromatic ring is 1. The summed E-state index contributed by atoms with van der Waals surface area (Å²) in [7, 11) is 0. The molecule has 2 rings (SSSR count). The minimum absolute atomic E-state index is 0.881. The lowest BCUT2D eigenvalue weighted by Crippen LogP contribution is -2.07. The molecule has 1 aromatic carbocycles. The molecule has 0 amide bonds. The van der Waals surface area contributed by atoms with Gasteiger partial charge in [0.15, 0.2) is 0 Å². The summed E-state index contributed by atoms with van der Waals surface area (Å²) in [4.78, 5) is 4.26. The maximum atomic E-state index is 5.41. The van der Waals surface area contributed by atoms with E-state index in [1.54, 1.807) is 6.20 Å². The van der Waals surface area contributed by atoms with Crippen molar-refractivity contribution in [2.24, 2.45) is 5.84 Å². The van der Waals surface area contributed by atoms with Crippen LogP contribution < -0.4 is 11.3 Å². The van der Waals surface area contributed by atoms with E-state index < -0.39 is 0 Å². The molecular formula is C11H11N3. The Morgan fingerprint density at radius 3 is 2.50 bits per heavy atom. The molecule has 3 heteroatoms. The van der Waals surface area contributed by atoms with Gasteiger partial charge in [0.05, 0.1) is 11.4 Å². The summed E-state index contributed by atoms with van der Waals surface area (Å²) in [6, 6.07) is 13.6. The van der Waals surface area contributed by atoms with Gasteiger partial charge in [0, 0.05) is 11.8 Å². The van der Waals surface area contributed by atoms with Gasteiger partial charge in [-0.25, -0.2) is 0 Å². The van der Waals surface area contributed by atoms with Gasteiger partial charge >= 0.3 is 0 Å². The summed E-state index contributed by atoms with van der Waals surface area (Å²) in [6.07, 6.45) is 1.77. The molecule has 0 bridgehead atoms. The normalized spacial score (nSPS) is 9.79. The highest BCUT2D eigenvalue weighted by atomic mass is 15.2. The second-order valence-corrected chi connectivity index (χ2v) is 2.90. The van der Waals surface area contributed by atoms with Crippen LogP contribution in [-0.4, -0.2) is 4.98 Å². The average molecular weight is 185 g/mol. The zero-order valence-corrected chi connectivity index (χ0v) is 7.64. The summed E-state index contributed by atoms with van der Waals surface area (Å²) in [5, 5.41) is 0. The van der Waals surface area contributed by atoms with Crippen LogP contribution in [-0.2, 0) is 0 Å². The standard InChI is InChI=1S/C11H11N3/c12-14-11-7-2-1-5-9(11)10-6-3-4-8-13-10/h1-8,14H,12H2. The van der Waals surface area contributed by atoms with Crippen molar-refractivity contribution < 1.29 is 0 Å². The van der Waals surface area contributed by atoms with Crippen LogP contribution in [0.5, 0.6) is 0 Å². The molecule has 70 valence electrons. The third kappa shape index (κ3) is 1.58. The fourth-order valence-electron chi connectivity index (χ4n) is 1.35. The molecule has 0 aliphatic heterocycles. The van der Waals surface area contributed by atoms with Crippen LogP contribution in [0.2, 0.25) is 0 Å². The molecule has 1 heterocycles. The molecule has 0 saturated carbocycles. The van der Waals surface area contributed by atoms with Crippen molar-refractivity contribution in [1.29, 1.82) is 0 Å². The van der Waals surface area contributed by atoms with E-state index in [9.17, 15) is 0 Å². The Labute approximate surface area is 82.6 Å². The number of anilines is 1. The van der Waals surface area contributed by atoms with Gasteiger partial charge in [0.25, 0.3) is 0 Å². The minimum atomic E-state index is 0.881. The fourth-order valence-corrected chi connectivity index (χ4v) is 1.35. The number of hydrazine groups is 1. The zero-order chi connectivity index (χ0) is 9.80. The molecule has 0 fully saturated rings. The van der Waals surface area contributed by atoms with Crippen LogP contribution in [0, 0.1) is 0 Å². The van der Waals surface area contributed by atoms with Gasteiger partial charge in [0.1, 0.15) is 0 Å². The number of hydrogen-bond acceptors (Lipinski definition) is 3. The lowest BCUT2D eigenvalue weighted by molar-refractivity contribution is 1.30. The highest BCUT2D eigenvalue weighted by molar-refractivity contribution is 5.74. The molecule has 0 saturated heterocycles. The lowest BCUT2D eigenvalue weighted by atomic mass is 10.1. The molecule has 0 unspecified atom stereocenters. The minimum Gasteiger partial charge on any atom is -0.323 e. The third-order valence-electron chi connectivity index (χ3n) is 2.02. The Hall–Kier alpha value is -1.87. The Kier molecular flexibility index (Phi) is 2.42. The van der Waals surface area contributed by atoms with Gasteiger partial charge in [0.2, 0.25) is 0 Å². The second-order valence-electron chi connectivity index (χ2n) is 2.90. The van der Waals surface area contributed by atoms with E-state index in [0.717, 1.165) is 16.9 Å². The maximum absolute atomic E-state index is 5.41. The number of rotatable bonds is 2. The molecule has 2 aromatic rings. The van der Waals surface area contributed by atoms with Crippen molar-refractivity contribution in [2.75, 3.05) is 5.43 Å². The van der Waals surface area contributed by atoms with Crippen molar-refractivity contribution in [1.82, 2.24) is 4.98 Å². The van der Waals surface area contributed by atoms with Crippen LogP contribution >= 0.6 is 0 Å². The smallest absolute Gasteiger partial charge is 0.0723 e. The fraction of sp³-hybridized carbons (Fsp3) is 0. The second kappa shape index (κ2) is 3.89. The predicted octanol–water partition coefficient (Wildman–Crippen LogP) is 2.03. The van der Waals surface area contributed by atoms with Crippen molar-refractivity contribution in [2.45, 2.75) is 0 Å². The highest BCUT2D eigenvalue weighted by Crippen LogP contribution is 2.24. The number of pyridine rings is 1. The number of hydrogen-bond donors (Lipinski definition) is 2. The first-order valence-corrected chi connectivity index (χ1v) is 4.39. The van der Waals surface area contributed by atoms with Gasteiger partial charge < -0.3 is 5.43 Å². The Morgan fingerprint density at radius 1 is 1.00 bits per heavy atom. The Bertz CT molecular complexity index is 412. The number of aromatic nitrogens is 1. The summed E-state index contributed by atoms with van der Waals surface area (Å²) in [5.74, 6) is 5.41. The van der Waals surface area contributed by atoms with E-state index in [2.05, 4.69) is 10.4 Å². The number of nitrogens with one attached hydrogen (secondary N) is 1. The molecular weight excluding hydrogens is 174 g/mol. The molecule has 3 nitrogen and oxygen atoms in total. The number of benzene rings is 1. The first kappa shape index (κ1) is 8.72. The molecule has 0 spiro atoms. The number of nitrogens with zero attached hydrogens (tertiary/aromatic N) is 1. The van der Waals surface area contributed by atoms with E-state index in [0.29, 0.717) is 0 Å². The van der Waals surface area contributed by atoms with Crippen LogP contribution in [0.4, 0.5) is 5.69 Å². The van der Waals surface area contributed by atoms with E-state index >= 15 is 0 Å². The first-order chi connectivity index (χ1) is 6.92. The van der Waals surface area contributed by atoms with Gasteiger partial charge in [-0.15, -0.1) is 0 Å². The largest absolute Gasteiger partial charge is 0.323 e. The van der Waals surface area contributed by atoms with Gasteiger partial charge in [-0.3, -0.25) is 10.8 Å². The Balaban J connectivity index is 2.51. The van der Waals surface area contributed by atoms with E-state index in [4.69, 9.17) is 5.84 Å². The summed E-state index contributed by atoms with van der Waals surface area (Å²) >= 11 is 0. The molecule has 0 aliphatic rings. The van der Waals surface area contributed by atoms with Crippen molar-refractivity contribution in [3.63, 3.8) is 0 Å². The van der Waals surface area contributed by atoms with Crippen LogP contribution in [0.25, 0.3) is 11.3 Å². The monoisotopic (exact) mass is 185 g/mol. The SMILES string of the molecule is NNc1ccccc1-c1ccccn1. The quantitative estimate of drug-likeness (QED) is 0.556. The van der Waals surface area contributed by atoms with E-state index in [1.807, 2.05) is 42.5 Å². The highest BCUT2D eigenvalue weighted by Gasteiger charge is 2.02. The summed E-state index contributed by atoms with van der Waals surface area (Å²) < 4.78 is 0. The molecule has 0 atom stereocenters. The molecule has 0 radical (unpaired) electrons. The summed E-state index contributed by atoms with van der Waals surface area (Å²) in [6.45, 7) is 0. The number of para-hydroxylation sites is 1. The van der Waals surface area contributed by atoms with E-state index in [-0.39, 0.29) is 0 Å². The van der Waals surface area contributed by atoms with Crippen LogP contribution in [0.15, 0.2) is 48.7 Å². The first-order valence-electron chi connectivity index (χ1n) is 4.39. The van der Waals surface area contributed by atoms with Gasteiger partial charge in [-0.1, -0.05) is 24.3 Å². The Morgan fingerprint density at radius 2 is 1.79 bits per heavy atom. The van der Waals surface area contributed by atoms with E-state index in [1.165, 1.54) is 0 Å².